The van der Waals surface area contributed by atoms with E-state index in [2.05, 4.69) is 10.6 Å². The van der Waals surface area contributed by atoms with Gasteiger partial charge in [0.25, 0.3) is 5.91 Å². The van der Waals surface area contributed by atoms with E-state index in [0.29, 0.717) is 16.8 Å². The second-order valence-electron chi connectivity index (χ2n) is 5.46. The summed E-state index contributed by atoms with van der Waals surface area (Å²) in [7, 11) is 0. The number of halogens is 1. The summed E-state index contributed by atoms with van der Waals surface area (Å²) in [5.41, 5.74) is 2.52. The van der Waals surface area contributed by atoms with Crippen LogP contribution in [-0.2, 0) is 4.79 Å². The van der Waals surface area contributed by atoms with Crippen LogP contribution in [0.25, 0.3) is 0 Å². The number of carbonyl (C=O) groups excluding carboxylic acids is 2. The highest BCUT2D eigenvalue weighted by atomic mass is 19.1. The maximum Gasteiger partial charge on any atom is 0.252 e. The first-order valence-corrected chi connectivity index (χ1v) is 7.32. The molecule has 0 bridgehead atoms. The third kappa shape index (κ3) is 4.16. The Bertz CT molecular complexity index is 744. The third-order valence-corrected chi connectivity index (χ3v) is 3.58. The van der Waals surface area contributed by atoms with Crippen LogP contribution in [0.3, 0.4) is 0 Å². The van der Waals surface area contributed by atoms with Crippen molar-refractivity contribution in [2.45, 2.75) is 26.8 Å². The van der Waals surface area contributed by atoms with Gasteiger partial charge >= 0.3 is 0 Å². The maximum absolute atomic E-state index is 13.1. The molecule has 0 aliphatic heterocycles. The Morgan fingerprint density at radius 1 is 1.04 bits per heavy atom. The van der Waals surface area contributed by atoms with E-state index >= 15 is 0 Å². The summed E-state index contributed by atoms with van der Waals surface area (Å²) in [6, 6.07) is 10.6. The van der Waals surface area contributed by atoms with Crippen molar-refractivity contribution in [2.24, 2.45) is 0 Å². The monoisotopic (exact) mass is 314 g/mol. The molecule has 2 rings (SSSR count). The predicted molar refractivity (Wildman–Crippen MR) is 87.9 cm³/mol. The molecule has 0 unspecified atom stereocenters. The summed E-state index contributed by atoms with van der Waals surface area (Å²) in [6.45, 7) is 5.14. The van der Waals surface area contributed by atoms with E-state index in [1.807, 2.05) is 19.1 Å². The number of hydrogen-bond acceptors (Lipinski definition) is 2. The lowest BCUT2D eigenvalue weighted by molar-refractivity contribution is -0.117. The molecule has 0 aliphatic carbocycles. The van der Waals surface area contributed by atoms with Crippen LogP contribution >= 0.6 is 0 Å². The minimum Gasteiger partial charge on any atom is -0.341 e. The van der Waals surface area contributed by atoms with Crippen molar-refractivity contribution in [1.82, 2.24) is 5.32 Å². The Hall–Kier alpha value is -2.69. The van der Waals surface area contributed by atoms with Crippen LogP contribution in [0.15, 0.2) is 42.5 Å². The molecule has 0 heterocycles. The van der Waals surface area contributed by atoms with Gasteiger partial charge in [-0.25, -0.2) is 4.39 Å². The topological polar surface area (TPSA) is 58.2 Å². The van der Waals surface area contributed by atoms with Crippen molar-refractivity contribution in [3.8, 4) is 0 Å². The van der Waals surface area contributed by atoms with Crippen LogP contribution in [0.2, 0.25) is 0 Å². The first-order chi connectivity index (χ1) is 10.9. The van der Waals surface area contributed by atoms with Crippen LogP contribution in [-0.4, -0.2) is 17.9 Å². The number of rotatable bonds is 4. The van der Waals surface area contributed by atoms with Crippen LogP contribution in [0.5, 0.6) is 0 Å². The predicted octanol–water partition coefficient (Wildman–Crippen LogP) is 3.20. The number of anilines is 1. The van der Waals surface area contributed by atoms with Crippen molar-refractivity contribution >= 4 is 17.5 Å². The molecule has 120 valence electrons. The SMILES string of the molecule is Cc1cc(F)ccc1NC(=O)[C@@H](C)NC(=O)c1ccccc1C. The fraction of sp³-hybridized carbons (Fsp3) is 0.222. The highest BCUT2D eigenvalue weighted by molar-refractivity contribution is 6.01. The lowest BCUT2D eigenvalue weighted by atomic mass is 10.1. The largest absolute Gasteiger partial charge is 0.341 e. The van der Waals surface area contributed by atoms with E-state index in [-0.39, 0.29) is 17.6 Å². The molecule has 23 heavy (non-hydrogen) atoms. The lowest BCUT2D eigenvalue weighted by Crippen LogP contribution is -2.41. The fourth-order valence-electron chi connectivity index (χ4n) is 2.18. The van der Waals surface area contributed by atoms with Gasteiger partial charge in [0, 0.05) is 11.3 Å². The van der Waals surface area contributed by atoms with E-state index in [1.54, 1.807) is 26.0 Å². The summed E-state index contributed by atoms with van der Waals surface area (Å²) in [6.07, 6.45) is 0. The molecule has 2 aromatic carbocycles. The van der Waals surface area contributed by atoms with Gasteiger partial charge in [-0.1, -0.05) is 18.2 Å². The smallest absolute Gasteiger partial charge is 0.252 e. The van der Waals surface area contributed by atoms with Crippen molar-refractivity contribution in [3.05, 3.63) is 65.0 Å². The third-order valence-electron chi connectivity index (χ3n) is 3.58. The van der Waals surface area contributed by atoms with Crippen molar-refractivity contribution in [3.63, 3.8) is 0 Å². The van der Waals surface area contributed by atoms with Gasteiger partial charge in [0.2, 0.25) is 5.91 Å². The van der Waals surface area contributed by atoms with Gasteiger partial charge in [-0.2, -0.15) is 0 Å². The van der Waals surface area contributed by atoms with Gasteiger partial charge < -0.3 is 10.6 Å². The van der Waals surface area contributed by atoms with Crippen LogP contribution in [0, 0.1) is 19.7 Å². The van der Waals surface area contributed by atoms with Crippen molar-refractivity contribution < 1.29 is 14.0 Å². The second-order valence-corrected chi connectivity index (χ2v) is 5.46. The molecule has 0 aromatic heterocycles. The van der Waals surface area contributed by atoms with Crippen LogP contribution in [0.4, 0.5) is 10.1 Å². The quantitative estimate of drug-likeness (QED) is 0.910. The minimum atomic E-state index is -0.716. The molecule has 0 fully saturated rings. The summed E-state index contributed by atoms with van der Waals surface area (Å²) >= 11 is 0. The number of benzene rings is 2. The van der Waals surface area contributed by atoms with E-state index < -0.39 is 6.04 Å². The van der Waals surface area contributed by atoms with Gasteiger partial charge in [-0.3, -0.25) is 9.59 Å². The van der Waals surface area contributed by atoms with Crippen LogP contribution in [0.1, 0.15) is 28.4 Å². The molecule has 2 N–H and O–H groups in total. The number of carbonyl (C=O) groups is 2. The molecule has 0 saturated carbocycles. The molecule has 4 nitrogen and oxygen atoms in total. The van der Waals surface area contributed by atoms with Crippen molar-refractivity contribution in [1.29, 1.82) is 0 Å². The van der Waals surface area contributed by atoms with Gasteiger partial charge in [0.05, 0.1) is 0 Å². The lowest BCUT2D eigenvalue weighted by Gasteiger charge is -2.16. The van der Waals surface area contributed by atoms with Gasteiger partial charge in [0.15, 0.2) is 0 Å². The molecule has 0 radical (unpaired) electrons. The average molecular weight is 314 g/mol. The molecule has 2 amide bonds. The highest BCUT2D eigenvalue weighted by Gasteiger charge is 2.18. The van der Waals surface area contributed by atoms with Crippen molar-refractivity contribution in [2.75, 3.05) is 5.32 Å². The number of amides is 2. The Morgan fingerprint density at radius 3 is 2.39 bits per heavy atom. The fourth-order valence-corrected chi connectivity index (χ4v) is 2.18. The summed E-state index contributed by atoms with van der Waals surface area (Å²) in [5.74, 6) is -1.02. The summed E-state index contributed by atoms with van der Waals surface area (Å²) < 4.78 is 13.1. The van der Waals surface area contributed by atoms with Gasteiger partial charge in [-0.15, -0.1) is 0 Å². The Labute approximate surface area is 134 Å². The molecular weight excluding hydrogens is 295 g/mol. The zero-order valence-corrected chi connectivity index (χ0v) is 13.3. The first kappa shape index (κ1) is 16.7. The van der Waals surface area contributed by atoms with Crippen LogP contribution < -0.4 is 10.6 Å². The summed E-state index contributed by atoms with van der Waals surface area (Å²) in [5, 5.41) is 5.35. The van der Waals surface area contributed by atoms with Gasteiger partial charge in [0.1, 0.15) is 11.9 Å². The maximum atomic E-state index is 13.1. The normalized spacial score (nSPS) is 11.7. The van der Waals surface area contributed by atoms with E-state index in [0.717, 1.165) is 5.56 Å². The van der Waals surface area contributed by atoms with E-state index in [4.69, 9.17) is 0 Å². The minimum absolute atomic E-state index is 0.304. The Balaban J connectivity index is 2.03. The van der Waals surface area contributed by atoms with E-state index in [1.165, 1.54) is 18.2 Å². The average Bonchev–Trinajstić information content (AvgIpc) is 2.50. The van der Waals surface area contributed by atoms with Gasteiger partial charge in [-0.05, 0) is 56.2 Å². The standard InChI is InChI=1S/C18H19FN2O2/c1-11-6-4-5-7-15(11)18(23)20-13(3)17(22)21-16-9-8-14(19)10-12(16)2/h4-10,13H,1-3H3,(H,20,23)(H,21,22)/t13-/m1/s1. The molecule has 0 saturated heterocycles. The number of nitrogens with one attached hydrogen (secondary N) is 2. The highest BCUT2D eigenvalue weighted by Crippen LogP contribution is 2.16. The molecule has 0 aliphatic rings. The molecule has 0 spiro atoms. The Kier molecular flexibility index (Phi) is 5.11. The molecule has 2 aromatic rings. The zero-order valence-electron chi connectivity index (χ0n) is 13.3. The second kappa shape index (κ2) is 7.05. The number of hydrogen-bond donors (Lipinski definition) is 2. The zero-order chi connectivity index (χ0) is 17.0. The Morgan fingerprint density at radius 2 is 1.74 bits per heavy atom. The molecule has 1 atom stereocenters. The van der Waals surface area contributed by atoms with E-state index in [9.17, 15) is 14.0 Å². The summed E-state index contributed by atoms with van der Waals surface area (Å²) in [4.78, 5) is 24.4. The number of aryl methyl sites for hydroxylation is 2. The first-order valence-electron chi connectivity index (χ1n) is 7.32. The molecule has 5 heteroatoms. The molecular formula is C18H19FN2O2.